The molecule has 0 aliphatic carbocycles. The van der Waals surface area contributed by atoms with Crippen molar-refractivity contribution in [3.8, 4) is 0 Å². The zero-order chi connectivity index (χ0) is 11.8. The van der Waals surface area contributed by atoms with Crippen molar-refractivity contribution in [2.24, 2.45) is 0 Å². The summed E-state index contributed by atoms with van der Waals surface area (Å²) >= 11 is 0. The van der Waals surface area contributed by atoms with Crippen LogP contribution in [0.1, 0.15) is 12.8 Å². The van der Waals surface area contributed by atoms with Crippen molar-refractivity contribution in [3.63, 3.8) is 0 Å². The Bertz CT molecular complexity index is 564. The minimum Gasteiger partial charge on any atom is -0.480 e. The van der Waals surface area contributed by atoms with Gasteiger partial charge in [-0.05, 0) is 25.0 Å². The number of carbonyl (C=O) groups is 1. The number of carboxylic acid groups (broad SMARTS) is 1. The summed E-state index contributed by atoms with van der Waals surface area (Å²) in [4.78, 5) is 17.3. The molecule has 17 heavy (non-hydrogen) atoms. The molecule has 88 valence electrons. The van der Waals surface area contributed by atoms with Gasteiger partial charge in [0, 0.05) is 12.7 Å². The van der Waals surface area contributed by atoms with Crippen LogP contribution in [0.15, 0.2) is 29.0 Å². The molecule has 1 N–H and O–H groups in total. The van der Waals surface area contributed by atoms with Crippen LogP contribution in [0.5, 0.6) is 0 Å². The van der Waals surface area contributed by atoms with Crippen LogP contribution in [-0.2, 0) is 4.79 Å². The molecule has 0 spiro atoms. The molecule has 1 atom stereocenters. The number of hydrogen-bond acceptors (Lipinski definition) is 4. The maximum atomic E-state index is 11.2. The first-order chi connectivity index (χ1) is 8.27. The van der Waals surface area contributed by atoms with Gasteiger partial charge in [-0.15, -0.1) is 0 Å². The van der Waals surface area contributed by atoms with Crippen molar-refractivity contribution in [2.75, 3.05) is 11.4 Å². The topological polar surface area (TPSA) is 66.6 Å². The lowest BCUT2D eigenvalue weighted by Crippen LogP contribution is -2.36. The zero-order valence-corrected chi connectivity index (χ0v) is 9.17. The second-order valence-electron chi connectivity index (χ2n) is 4.16. The van der Waals surface area contributed by atoms with Crippen LogP contribution in [-0.4, -0.2) is 28.6 Å². The number of aromatic nitrogens is 1. The molecule has 5 nitrogen and oxygen atoms in total. The van der Waals surface area contributed by atoms with Crippen LogP contribution in [0.2, 0.25) is 0 Å². The van der Waals surface area contributed by atoms with Crippen LogP contribution in [0.3, 0.4) is 0 Å². The van der Waals surface area contributed by atoms with Gasteiger partial charge in [0.2, 0.25) is 0 Å². The molecule has 1 aliphatic heterocycles. The average molecular weight is 232 g/mol. The Morgan fingerprint density at radius 3 is 3.24 bits per heavy atom. The van der Waals surface area contributed by atoms with E-state index in [4.69, 9.17) is 4.42 Å². The third-order valence-corrected chi connectivity index (χ3v) is 3.17. The highest BCUT2D eigenvalue weighted by atomic mass is 16.4. The SMILES string of the molecule is O=C(O)C1CCCN1c1nccc2occc12. The number of fused-ring (bicyclic) bond motifs is 1. The summed E-state index contributed by atoms with van der Waals surface area (Å²) in [6, 6.07) is 3.14. The molecule has 0 amide bonds. The minimum absolute atomic E-state index is 0.469. The zero-order valence-electron chi connectivity index (χ0n) is 9.17. The first kappa shape index (κ1) is 10.1. The van der Waals surface area contributed by atoms with Crippen molar-refractivity contribution < 1.29 is 14.3 Å². The van der Waals surface area contributed by atoms with Crippen molar-refractivity contribution >= 4 is 22.8 Å². The molecular formula is C12H12N2O3. The lowest BCUT2D eigenvalue weighted by Gasteiger charge is -2.22. The standard InChI is InChI=1S/C12H12N2O3/c15-12(16)9-2-1-6-14(9)11-8-4-7-17-10(8)3-5-13-11/h3-5,7,9H,1-2,6H2,(H,15,16). The Balaban J connectivity index is 2.08. The van der Waals surface area contributed by atoms with Crippen LogP contribution in [0, 0.1) is 0 Å². The highest BCUT2D eigenvalue weighted by molar-refractivity contribution is 5.91. The number of furan rings is 1. The molecule has 2 aromatic heterocycles. The van der Waals surface area contributed by atoms with Gasteiger partial charge in [0.1, 0.15) is 17.4 Å². The molecule has 1 aliphatic rings. The predicted molar refractivity (Wildman–Crippen MR) is 62.0 cm³/mol. The van der Waals surface area contributed by atoms with Crippen molar-refractivity contribution in [2.45, 2.75) is 18.9 Å². The minimum atomic E-state index is -0.787. The van der Waals surface area contributed by atoms with E-state index in [-0.39, 0.29) is 0 Å². The summed E-state index contributed by atoms with van der Waals surface area (Å²) in [5.74, 6) is -0.0778. The number of pyridine rings is 1. The molecular weight excluding hydrogens is 220 g/mol. The number of rotatable bonds is 2. The number of anilines is 1. The van der Waals surface area contributed by atoms with E-state index in [2.05, 4.69) is 4.98 Å². The van der Waals surface area contributed by atoms with Crippen LogP contribution in [0.4, 0.5) is 5.82 Å². The normalized spacial score (nSPS) is 20.0. The average Bonchev–Trinajstić information content (AvgIpc) is 2.97. The van der Waals surface area contributed by atoms with Gasteiger partial charge >= 0.3 is 5.97 Å². The van der Waals surface area contributed by atoms with Gasteiger partial charge in [0.25, 0.3) is 0 Å². The van der Waals surface area contributed by atoms with Crippen LogP contribution >= 0.6 is 0 Å². The maximum Gasteiger partial charge on any atom is 0.326 e. The van der Waals surface area contributed by atoms with Gasteiger partial charge in [0.05, 0.1) is 11.6 Å². The second kappa shape index (κ2) is 3.76. The molecule has 3 heterocycles. The van der Waals surface area contributed by atoms with Gasteiger partial charge < -0.3 is 14.4 Å². The molecule has 0 bridgehead atoms. The Morgan fingerprint density at radius 1 is 1.53 bits per heavy atom. The third kappa shape index (κ3) is 1.54. The Hall–Kier alpha value is -2.04. The van der Waals surface area contributed by atoms with E-state index in [1.807, 2.05) is 11.0 Å². The summed E-state index contributed by atoms with van der Waals surface area (Å²) in [5, 5.41) is 10.1. The maximum absolute atomic E-state index is 11.2. The molecule has 2 aromatic rings. The van der Waals surface area contributed by atoms with E-state index >= 15 is 0 Å². The molecule has 1 saturated heterocycles. The molecule has 1 fully saturated rings. The van der Waals surface area contributed by atoms with Gasteiger partial charge in [0.15, 0.2) is 0 Å². The smallest absolute Gasteiger partial charge is 0.326 e. The summed E-state index contributed by atoms with van der Waals surface area (Å²) in [7, 11) is 0. The molecule has 0 saturated carbocycles. The predicted octanol–water partition coefficient (Wildman–Crippen LogP) is 1.88. The first-order valence-corrected chi connectivity index (χ1v) is 5.59. The fourth-order valence-electron chi connectivity index (χ4n) is 2.39. The summed E-state index contributed by atoms with van der Waals surface area (Å²) < 4.78 is 5.30. The number of aliphatic carboxylic acids is 1. The van der Waals surface area contributed by atoms with E-state index in [1.54, 1.807) is 18.5 Å². The largest absolute Gasteiger partial charge is 0.480 e. The van der Waals surface area contributed by atoms with Crippen molar-refractivity contribution in [1.82, 2.24) is 4.98 Å². The Morgan fingerprint density at radius 2 is 2.41 bits per heavy atom. The highest BCUT2D eigenvalue weighted by Gasteiger charge is 2.32. The van der Waals surface area contributed by atoms with Crippen LogP contribution in [0.25, 0.3) is 11.0 Å². The van der Waals surface area contributed by atoms with Gasteiger partial charge in [-0.25, -0.2) is 9.78 Å². The fourth-order valence-corrected chi connectivity index (χ4v) is 2.39. The molecule has 1 unspecified atom stereocenters. The van der Waals surface area contributed by atoms with E-state index in [0.717, 1.165) is 23.9 Å². The quantitative estimate of drug-likeness (QED) is 0.856. The van der Waals surface area contributed by atoms with E-state index in [0.29, 0.717) is 12.2 Å². The third-order valence-electron chi connectivity index (χ3n) is 3.17. The molecule has 5 heteroatoms. The van der Waals surface area contributed by atoms with E-state index < -0.39 is 12.0 Å². The number of nitrogens with zero attached hydrogens (tertiary/aromatic N) is 2. The van der Waals surface area contributed by atoms with E-state index in [9.17, 15) is 9.90 Å². The van der Waals surface area contributed by atoms with Gasteiger partial charge in [-0.3, -0.25) is 0 Å². The summed E-state index contributed by atoms with van der Waals surface area (Å²) in [6.07, 6.45) is 4.80. The highest BCUT2D eigenvalue weighted by Crippen LogP contribution is 2.30. The number of hydrogen-bond donors (Lipinski definition) is 1. The summed E-state index contributed by atoms with van der Waals surface area (Å²) in [6.45, 7) is 0.730. The van der Waals surface area contributed by atoms with Crippen LogP contribution < -0.4 is 4.90 Å². The Kier molecular flexibility index (Phi) is 2.24. The molecule has 0 aromatic carbocycles. The van der Waals surface area contributed by atoms with Gasteiger partial charge in [-0.2, -0.15) is 0 Å². The molecule has 0 radical (unpaired) electrons. The first-order valence-electron chi connectivity index (χ1n) is 5.59. The van der Waals surface area contributed by atoms with Gasteiger partial charge in [-0.1, -0.05) is 0 Å². The second-order valence-corrected chi connectivity index (χ2v) is 4.16. The molecule has 3 rings (SSSR count). The lowest BCUT2D eigenvalue weighted by molar-refractivity contribution is -0.138. The lowest BCUT2D eigenvalue weighted by atomic mass is 10.2. The number of carboxylic acids is 1. The fraction of sp³-hybridized carbons (Fsp3) is 0.333. The Labute approximate surface area is 97.7 Å². The van der Waals surface area contributed by atoms with Crippen molar-refractivity contribution in [1.29, 1.82) is 0 Å². The van der Waals surface area contributed by atoms with Crippen molar-refractivity contribution in [3.05, 3.63) is 24.6 Å². The summed E-state index contributed by atoms with van der Waals surface area (Å²) in [5.41, 5.74) is 0.742. The monoisotopic (exact) mass is 232 g/mol. The van der Waals surface area contributed by atoms with E-state index in [1.165, 1.54) is 0 Å².